The third-order valence-corrected chi connectivity index (χ3v) is 6.59. The summed E-state index contributed by atoms with van der Waals surface area (Å²) in [5.74, 6) is -0.238. The number of rotatable bonds is 7. The van der Waals surface area contributed by atoms with Crippen LogP contribution in [0.4, 0.5) is 5.69 Å². The van der Waals surface area contributed by atoms with Crippen LogP contribution < -0.4 is 5.32 Å². The fourth-order valence-corrected chi connectivity index (χ4v) is 4.49. The monoisotopic (exact) mass is 414 g/mol. The highest BCUT2D eigenvalue weighted by Crippen LogP contribution is 2.18. The minimum absolute atomic E-state index is 0.238. The minimum Gasteiger partial charge on any atom is -0.379 e. The van der Waals surface area contributed by atoms with Gasteiger partial charge in [0.05, 0.1) is 18.1 Å². The molecular weight excluding hydrogens is 388 g/mol. The number of nitrogens with one attached hydrogen (secondary N) is 1. The number of hydrogen-bond donors (Lipinski definition) is 1. The van der Waals surface area contributed by atoms with Crippen LogP contribution in [-0.4, -0.2) is 44.9 Å². The Hall–Kier alpha value is -2.48. The molecule has 0 atom stereocenters. The molecule has 0 spiro atoms. The molecule has 0 bridgehead atoms. The van der Waals surface area contributed by atoms with Gasteiger partial charge in [-0.15, -0.1) is 0 Å². The van der Waals surface area contributed by atoms with Crippen LogP contribution >= 0.6 is 0 Å². The number of morpholine rings is 1. The lowest BCUT2D eigenvalue weighted by Gasteiger charge is -2.26. The van der Waals surface area contributed by atoms with E-state index in [2.05, 4.69) is 12.2 Å². The van der Waals surface area contributed by atoms with E-state index in [4.69, 9.17) is 4.74 Å². The topological polar surface area (TPSA) is 75.7 Å². The van der Waals surface area contributed by atoms with E-state index < -0.39 is 10.0 Å². The highest BCUT2D eigenvalue weighted by molar-refractivity contribution is 7.89. The molecule has 0 saturated carbocycles. The van der Waals surface area contributed by atoms with Crippen molar-refractivity contribution in [3.63, 3.8) is 0 Å². The first kappa shape index (κ1) is 21.2. The third-order valence-electron chi connectivity index (χ3n) is 4.68. The number of nitrogens with zero attached hydrogens (tertiary/aromatic N) is 1. The molecule has 1 saturated heterocycles. The molecule has 1 amide bonds. The number of sulfonamides is 1. The van der Waals surface area contributed by atoms with Crippen LogP contribution in [0, 0.1) is 0 Å². The van der Waals surface area contributed by atoms with Gasteiger partial charge in [-0.2, -0.15) is 4.31 Å². The molecule has 0 unspecified atom stereocenters. The van der Waals surface area contributed by atoms with Crippen molar-refractivity contribution in [2.45, 2.75) is 24.7 Å². The van der Waals surface area contributed by atoms with Crippen molar-refractivity contribution >= 4 is 27.7 Å². The number of benzene rings is 2. The van der Waals surface area contributed by atoms with E-state index in [-0.39, 0.29) is 10.8 Å². The quantitative estimate of drug-likeness (QED) is 0.706. The van der Waals surface area contributed by atoms with Crippen LogP contribution in [0.2, 0.25) is 0 Å². The summed E-state index contributed by atoms with van der Waals surface area (Å²) in [6.45, 7) is 3.69. The largest absolute Gasteiger partial charge is 0.379 e. The predicted molar refractivity (Wildman–Crippen MR) is 114 cm³/mol. The molecule has 1 aliphatic heterocycles. The second-order valence-electron chi connectivity index (χ2n) is 6.86. The molecule has 29 heavy (non-hydrogen) atoms. The van der Waals surface area contributed by atoms with E-state index in [1.165, 1.54) is 15.9 Å². The molecule has 0 aromatic heterocycles. The molecule has 1 fully saturated rings. The van der Waals surface area contributed by atoms with Gasteiger partial charge in [0.1, 0.15) is 0 Å². The van der Waals surface area contributed by atoms with E-state index in [1.54, 1.807) is 30.3 Å². The number of carbonyl (C=O) groups is 1. The van der Waals surface area contributed by atoms with Crippen LogP contribution in [0.1, 0.15) is 24.5 Å². The van der Waals surface area contributed by atoms with Crippen LogP contribution in [0.15, 0.2) is 59.5 Å². The lowest BCUT2D eigenvalue weighted by atomic mass is 10.1. The van der Waals surface area contributed by atoms with E-state index >= 15 is 0 Å². The molecule has 154 valence electrons. The van der Waals surface area contributed by atoms with Gasteiger partial charge in [0.25, 0.3) is 0 Å². The first-order valence-corrected chi connectivity index (χ1v) is 11.2. The second-order valence-corrected chi connectivity index (χ2v) is 8.79. The Bertz CT molecular complexity index is 945. The summed E-state index contributed by atoms with van der Waals surface area (Å²) in [4.78, 5) is 12.4. The third kappa shape index (κ3) is 5.76. The zero-order valence-corrected chi connectivity index (χ0v) is 17.3. The Labute approximate surface area is 172 Å². The number of hydrogen-bond acceptors (Lipinski definition) is 4. The standard InChI is InChI=1S/C22H26N2O4S/c1-2-3-18-4-9-20(10-5-18)23-22(25)13-8-19-6-11-21(12-7-19)29(26,27)24-14-16-28-17-15-24/h4-13H,2-3,14-17H2,1H3,(H,23,25)/b13-8+. The van der Waals surface area contributed by atoms with Gasteiger partial charge in [-0.3, -0.25) is 4.79 Å². The van der Waals surface area contributed by atoms with Gasteiger partial charge in [0, 0.05) is 24.9 Å². The smallest absolute Gasteiger partial charge is 0.248 e. The Kier molecular flexibility index (Phi) is 7.19. The molecule has 1 aliphatic rings. The molecule has 2 aromatic rings. The summed E-state index contributed by atoms with van der Waals surface area (Å²) in [6, 6.07) is 14.3. The molecule has 0 radical (unpaired) electrons. The van der Waals surface area contributed by atoms with Gasteiger partial charge < -0.3 is 10.1 Å². The summed E-state index contributed by atoms with van der Waals surface area (Å²) in [6.07, 6.45) is 5.20. The first-order valence-electron chi connectivity index (χ1n) is 9.75. The molecule has 6 nitrogen and oxygen atoms in total. The number of amides is 1. The highest BCUT2D eigenvalue weighted by Gasteiger charge is 2.25. The maximum Gasteiger partial charge on any atom is 0.248 e. The summed E-state index contributed by atoms with van der Waals surface area (Å²) in [7, 11) is -3.51. The van der Waals surface area contributed by atoms with E-state index in [0.29, 0.717) is 26.3 Å². The normalized spacial score (nSPS) is 15.5. The number of ether oxygens (including phenoxy) is 1. The average molecular weight is 415 g/mol. The van der Waals surface area contributed by atoms with Crippen molar-refractivity contribution in [2.75, 3.05) is 31.6 Å². The van der Waals surface area contributed by atoms with Crippen molar-refractivity contribution in [3.8, 4) is 0 Å². The van der Waals surface area contributed by atoms with E-state index in [0.717, 1.165) is 24.1 Å². The average Bonchev–Trinajstić information content (AvgIpc) is 2.75. The van der Waals surface area contributed by atoms with Crippen LogP contribution in [0.25, 0.3) is 6.08 Å². The molecular formula is C22H26N2O4S. The number of anilines is 1. The lowest BCUT2D eigenvalue weighted by molar-refractivity contribution is -0.111. The fraction of sp³-hybridized carbons (Fsp3) is 0.318. The van der Waals surface area contributed by atoms with Crippen molar-refractivity contribution < 1.29 is 17.9 Å². The molecule has 7 heteroatoms. The molecule has 0 aliphatic carbocycles. The Morgan fingerprint density at radius 2 is 1.72 bits per heavy atom. The maximum absolute atomic E-state index is 12.6. The minimum atomic E-state index is -3.51. The van der Waals surface area contributed by atoms with Crippen LogP contribution in [-0.2, 0) is 26.0 Å². The molecule has 1 N–H and O–H groups in total. The van der Waals surface area contributed by atoms with E-state index in [9.17, 15) is 13.2 Å². The van der Waals surface area contributed by atoms with Crippen molar-refractivity contribution in [3.05, 3.63) is 65.7 Å². The van der Waals surface area contributed by atoms with Crippen molar-refractivity contribution in [2.24, 2.45) is 0 Å². The van der Waals surface area contributed by atoms with Crippen LogP contribution in [0.5, 0.6) is 0 Å². The number of aryl methyl sites for hydroxylation is 1. The molecule has 3 rings (SSSR count). The van der Waals surface area contributed by atoms with Gasteiger partial charge in [0.15, 0.2) is 0 Å². The SMILES string of the molecule is CCCc1ccc(NC(=O)/C=C/c2ccc(S(=O)(=O)N3CCOCC3)cc2)cc1. The van der Waals surface area contributed by atoms with Gasteiger partial charge in [0.2, 0.25) is 15.9 Å². The second kappa shape index (κ2) is 9.82. The maximum atomic E-state index is 12.6. The number of carbonyl (C=O) groups excluding carboxylic acids is 1. The predicted octanol–water partition coefficient (Wildman–Crippen LogP) is 3.31. The lowest BCUT2D eigenvalue weighted by Crippen LogP contribution is -2.40. The molecule has 1 heterocycles. The Balaban J connectivity index is 1.59. The van der Waals surface area contributed by atoms with Gasteiger partial charge in [-0.25, -0.2) is 8.42 Å². The summed E-state index contributed by atoms with van der Waals surface area (Å²) in [5.41, 5.74) is 2.74. The molecule has 2 aromatic carbocycles. The van der Waals surface area contributed by atoms with Gasteiger partial charge in [-0.05, 0) is 47.9 Å². The zero-order valence-electron chi connectivity index (χ0n) is 16.5. The van der Waals surface area contributed by atoms with Gasteiger partial charge >= 0.3 is 0 Å². The van der Waals surface area contributed by atoms with Crippen molar-refractivity contribution in [1.82, 2.24) is 4.31 Å². The summed E-state index contributed by atoms with van der Waals surface area (Å²) < 4.78 is 31.9. The summed E-state index contributed by atoms with van der Waals surface area (Å²) in [5, 5.41) is 2.82. The van der Waals surface area contributed by atoms with Gasteiger partial charge in [-0.1, -0.05) is 37.6 Å². The zero-order chi connectivity index (χ0) is 20.7. The van der Waals surface area contributed by atoms with E-state index in [1.807, 2.05) is 24.3 Å². The Morgan fingerprint density at radius 3 is 2.34 bits per heavy atom. The summed E-state index contributed by atoms with van der Waals surface area (Å²) >= 11 is 0. The Morgan fingerprint density at radius 1 is 1.07 bits per heavy atom. The van der Waals surface area contributed by atoms with Crippen molar-refractivity contribution in [1.29, 1.82) is 0 Å². The van der Waals surface area contributed by atoms with Crippen LogP contribution in [0.3, 0.4) is 0 Å². The highest BCUT2D eigenvalue weighted by atomic mass is 32.2. The first-order chi connectivity index (χ1) is 14.0. The fourth-order valence-electron chi connectivity index (χ4n) is 3.09.